The van der Waals surface area contributed by atoms with Gasteiger partial charge in [-0.2, -0.15) is 0 Å². The lowest BCUT2D eigenvalue weighted by Gasteiger charge is -2.43. The van der Waals surface area contributed by atoms with E-state index in [0.29, 0.717) is 0 Å². The lowest BCUT2D eigenvalue weighted by Crippen LogP contribution is -2.58. The van der Waals surface area contributed by atoms with Gasteiger partial charge in [-0.3, -0.25) is 4.79 Å². The first-order chi connectivity index (χ1) is 5.59. The molecule has 0 aromatic heterocycles. The number of hydrogen-bond acceptors (Lipinski definition) is 2. The van der Waals surface area contributed by atoms with Crippen molar-refractivity contribution in [2.75, 3.05) is 0 Å². The third kappa shape index (κ3) is 1.33. The van der Waals surface area contributed by atoms with Crippen molar-refractivity contribution >= 4 is 5.91 Å². The topological polar surface area (TPSA) is 49.3 Å². The molecule has 2 saturated carbocycles. The molecule has 2 aliphatic carbocycles. The number of carbonyl (C=O) groups excluding carboxylic acids is 1. The summed E-state index contributed by atoms with van der Waals surface area (Å²) in [7, 11) is 0. The van der Waals surface area contributed by atoms with Crippen LogP contribution in [-0.4, -0.2) is 22.7 Å². The largest absolute Gasteiger partial charge is 0.388 e. The predicted molar refractivity (Wildman–Crippen MR) is 44.5 cm³/mol. The van der Waals surface area contributed by atoms with E-state index in [1.54, 1.807) is 6.92 Å². The van der Waals surface area contributed by atoms with Crippen LogP contribution < -0.4 is 5.32 Å². The first kappa shape index (κ1) is 8.05. The Bertz CT molecular complexity index is 209. The third-order valence-corrected chi connectivity index (χ3v) is 2.95. The highest BCUT2D eigenvalue weighted by atomic mass is 16.3. The molecule has 3 heteroatoms. The SMILES string of the molecule is C[C@@]1(O)CC[C@H]1NC(=O)C1CC1. The van der Waals surface area contributed by atoms with Gasteiger partial charge in [-0.25, -0.2) is 0 Å². The van der Waals surface area contributed by atoms with E-state index in [-0.39, 0.29) is 17.9 Å². The van der Waals surface area contributed by atoms with Crippen molar-refractivity contribution in [2.45, 2.75) is 44.2 Å². The molecule has 2 aliphatic rings. The van der Waals surface area contributed by atoms with Gasteiger partial charge in [0.15, 0.2) is 0 Å². The molecule has 0 radical (unpaired) electrons. The average Bonchev–Trinajstić information content (AvgIpc) is 2.80. The second-order valence-corrected chi connectivity index (χ2v) is 4.23. The number of aliphatic hydroxyl groups is 1. The first-order valence-electron chi connectivity index (χ1n) is 4.62. The second kappa shape index (κ2) is 2.46. The molecule has 0 unspecified atom stereocenters. The molecular weight excluding hydrogens is 154 g/mol. The zero-order valence-corrected chi connectivity index (χ0v) is 7.34. The molecule has 2 rings (SSSR count). The van der Waals surface area contributed by atoms with Crippen LogP contribution in [0, 0.1) is 5.92 Å². The number of nitrogens with one attached hydrogen (secondary N) is 1. The molecule has 68 valence electrons. The van der Waals surface area contributed by atoms with Crippen LogP contribution >= 0.6 is 0 Å². The summed E-state index contributed by atoms with van der Waals surface area (Å²) in [6.07, 6.45) is 3.79. The maximum absolute atomic E-state index is 11.3. The molecule has 0 aliphatic heterocycles. The van der Waals surface area contributed by atoms with E-state index >= 15 is 0 Å². The summed E-state index contributed by atoms with van der Waals surface area (Å²) < 4.78 is 0. The Morgan fingerprint density at radius 2 is 2.17 bits per heavy atom. The van der Waals surface area contributed by atoms with E-state index in [0.717, 1.165) is 25.7 Å². The van der Waals surface area contributed by atoms with Gasteiger partial charge >= 0.3 is 0 Å². The van der Waals surface area contributed by atoms with E-state index in [9.17, 15) is 9.90 Å². The van der Waals surface area contributed by atoms with Crippen molar-refractivity contribution in [3.8, 4) is 0 Å². The zero-order valence-electron chi connectivity index (χ0n) is 7.34. The van der Waals surface area contributed by atoms with E-state index in [1.165, 1.54) is 0 Å². The predicted octanol–water partition coefficient (Wildman–Crippen LogP) is 0.426. The Hall–Kier alpha value is -0.570. The van der Waals surface area contributed by atoms with Crippen LogP contribution in [0.25, 0.3) is 0 Å². The van der Waals surface area contributed by atoms with Crippen molar-refractivity contribution in [3.05, 3.63) is 0 Å². The van der Waals surface area contributed by atoms with Gasteiger partial charge in [0.05, 0.1) is 11.6 Å². The third-order valence-electron chi connectivity index (χ3n) is 2.95. The van der Waals surface area contributed by atoms with Gasteiger partial charge in [0.25, 0.3) is 0 Å². The second-order valence-electron chi connectivity index (χ2n) is 4.23. The van der Waals surface area contributed by atoms with Gasteiger partial charge in [-0.1, -0.05) is 0 Å². The van der Waals surface area contributed by atoms with E-state index < -0.39 is 5.60 Å². The van der Waals surface area contributed by atoms with Gasteiger partial charge in [0.2, 0.25) is 5.91 Å². The minimum atomic E-state index is -0.648. The fraction of sp³-hybridized carbons (Fsp3) is 0.889. The summed E-state index contributed by atoms with van der Waals surface area (Å²) in [6.45, 7) is 1.79. The van der Waals surface area contributed by atoms with E-state index in [1.807, 2.05) is 0 Å². The summed E-state index contributed by atoms with van der Waals surface area (Å²) in [5.74, 6) is 0.390. The Morgan fingerprint density at radius 3 is 2.50 bits per heavy atom. The molecule has 12 heavy (non-hydrogen) atoms. The molecule has 0 bridgehead atoms. The Morgan fingerprint density at radius 1 is 1.50 bits per heavy atom. The maximum Gasteiger partial charge on any atom is 0.223 e. The Balaban J connectivity index is 1.82. The molecule has 0 saturated heterocycles. The molecule has 0 aromatic rings. The van der Waals surface area contributed by atoms with E-state index in [4.69, 9.17) is 0 Å². The molecule has 3 nitrogen and oxygen atoms in total. The van der Waals surface area contributed by atoms with Gasteiger partial charge < -0.3 is 10.4 Å². The molecule has 2 atom stereocenters. The Kier molecular flexibility index (Phi) is 1.65. The highest BCUT2D eigenvalue weighted by molar-refractivity contribution is 5.81. The van der Waals surface area contributed by atoms with Crippen LogP contribution in [0.3, 0.4) is 0 Å². The van der Waals surface area contributed by atoms with Crippen LogP contribution in [-0.2, 0) is 4.79 Å². The quantitative estimate of drug-likeness (QED) is 0.629. The fourth-order valence-corrected chi connectivity index (χ4v) is 1.57. The number of carbonyl (C=O) groups is 1. The summed E-state index contributed by atoms with van der Waals surface area (Å²) in [5, 5.41) is 12.5. The van der Waals surface area contributed by atoms with Crippen molar-refractivity contribution in [1.82, 2.24) is 5.32 Å². The molecular formula is C9H15NO2. The van der Waals surface area contributed by atoms with Crippen LogP contribution in [0.15, 0.2) is 0 Å². The normalized spacial score (nSPS) is 40.3. The smallest absolute Gasteiger partial charge is 0.223 e. The molecule has 0 aromatic carbocycles. The average molecular weight is 169 g/mol. The molecule has 2 N–H and O–H groups in total. The van der Waals surface area contributed by atoms with E-state index in [2.05, 4.69) is 5.32 Å². The lowest BCUT2D eigenvalue weighted by atomic mass is 9.76. The lowest BCUT2D eigenvalue weighted by molar-refractivity contribution is -0.129. The summed E-state index contributed by atoms with van der Waals surface area (Å²) >= 11 is 0. The van der Waals surface area contributed by atoms with Crippen molar-refractivity contribution in [3.63, 3.8) is 0 Å². The highest BCUT2D eigenvalue weighted by Crippen LogP contribution is 2.34. The number of amides is 1. The number of hydrogen-bond donors (Lipinski definition) is 2. The van der Waals surface area contributed by atoms with Crippen LogP contribution in [0.4, 0.5) is 0 Å². The standard InChI is InChI=1S/C9H15NO2/c1-9(12)5-4-7(9)10-8(11)6-2-3-6/h6-7,12H,2-5H2,1H3,(H,10,11)/t7-,9-/m1/s1. The van der Waals surface area contributed by atoms with Gasteiger partial charge in [-0.15, -0.1) is 0 Å². The minimum absolute atomic E-state index is 0.00519. The van der Waals surface area contributed by atoms with Crippen LogP contribution in [0.1, 0.15) is 32.6 Å². The zero-order chi connectivity index (χ0) is 8.77. The Labute approximate surface area is 72.2 Å². The summed E-state index contributed by atoms with van der Waals surface area (Å²) in [4.78, 5) is 11.3. The molecule has 1 amide bonds. The molecule has 0 spiro atoms. The minimum Gasteiger partial charge on any atom is -0.388 e. The monoisotopic (exact) mass is 169 g/mol. The summed E-state index contributed by atoms with van der Waals surface area (Å²) in [5.41, 5.74) is -0.648. The van der Waals surface area contributed by atoms with Crippen molar-refractivity contribution < 1.29 is 9.90 Å². The maximum atomic E-state index is 11.3. The fourth-order valence-electron chi connectivity index (χ4n) is 1.57. The van der Waals surface area contributed by atoms with Gasteiger partial charge in [0.1, 0.15) is 0 Å². The van der Waals surface area contributed by atoms with Crippen molar-refractivity contribution in [2.24, 2.45) is 5.92 Å². The molecule has 0 heterocycles. The van der Waals surface area contributed by atoms with Crippen molar-refractivity contribution in [1.29, 1.82) is 0 Å². The van der Waals surface area contributed by atoms with Crippen LogP contribution in [0.2, 0.25) is 0 Å². The highest BCUT2D eigenvalue weighted by Gasteiger charge is 2.43. The van der Waals surface area contributed by atoms with Crippen LogP contribution in [0.5, 0.6) is 0 Å². The van der Waals surface area contributed by atoms with Gasteiger partial charge in [0, 0.05) is 5.92 Å². The number of rotatable bonds is 2. The summed E-state index contributed by atoms with van der Waals surface area (Å²) in [6, 6.07) is 0.00519. The molecule has 2 fully saturated rings. The first-order valence-corrected chi connectivity index (χ1v) is 4.62. The van der Waals surface area contributed by atoms with Gasteiger partial charge in [-0.05, 0) is 32.6 Å².